The van der Waals surface area contributed by atoms with E-state index < -0.39 is 5.54 Å². The van der Waals surface area contributed by atoms with Crippen LogP contribution in [0, 0.1) is 0 Å². The molecule has 1 N–H and O–H groups in total. The van der Waals surface area contributed by atoms with Crippen LogP contribution in [0.1, 0.15) is 64.5 Å². The van der Waals surface area contributed by atoms with E-state index >= 15 is 0 Å². The Bertz CT molecular complexity index is 704. The molecule has 2 atom stereocenters. The summed E-state index contributed by atoms with van der Waals surface area (Å²) < 4.78 is 11.2. The minimum absolute atomic E-state index is 0.0381. The highest BCUT2D eigenvalue weighted by Crippen LogP contribution is 2.31. The van der Waals surface area contributed by atoms with Crippen LogP contribution in [0.15, 0.2) is 24.3 Å². The van der Waals surface area contributed by atoms with Gasteiger partial charge >= 0.3 is 6.03 Å². The molecule has 0 unspecified atom stereocenters. The zero-order valence-electron chi connectivity index (χ0n) is 17.4. The zero-order valence-corrected chi connectivity index (χ0v) is 17.4. The number of imide groups is 1. The molecule has 1 aromatic carbocycles. The third-order valence-electron chi connectivity index (χ3n) is 5.57. The van der Waals surface area contributed by atoms with Gasteiger partial charge < -0.3 is 14.8 Å². The number of carbonyl (C=O) groups excluding carboxylic acids is 2. The first-order valence-electron chi connectivity index (χ1n) is 10.2. The van der Waals surface area contributed by atoms with Gasteiger partial charge in [-0.1, -0.05) is 45.0 Å². The summed E-state index contributed by atoms with van der Waals surface area (Å²) in [7, 11) is 0. The van der Waals surface area contributed by atoms with E-state index in [1.54, 1.807) is 6.92 Å². The Labute approximate surface area is 167 Å². The van der Waals surface area contributed by atoms with Crippen molar-refractivity contribution in [1.29, 1.82) is 0 Å². The van der Waals surface area contributed by atoms with Crippen LogP contribution >= 0.6 is 0 Å². The molecule has 0 aliphatic carbocycles. The fraction of sp³-hybridized carbons (Fsp3) is 0.636. The van der Waals surface area contributed by atoms with E-state index in [4.69, 9.17) is 9.47 Å². The van der Waals surface area contributed by atoms with Crippen molar-refractivity contribution in [3.05, 3.63) is 35.4 Å². The summed E-state index contributed by atoms with van der Waals surface area (Å²) in [5.41, 5.74) is 1.00. The van der Waals surface area contributed by atoms with Gasteiger partial charge in [-0.3, -0.25) is 9.69 Å². The number of nitrogens with one attached hydrogen (secondary N) is 1. The van der Waals surface area contributed by atoms with Gasteiger partial charge in [-0.05, 0) is 49.1 Å². The van der Waals surface area contributed by atoms with Crippen LogP contribution in [0.5, 0.6) is 0 Å². The van der Waals surface area contributed by atoms with Gasteiger partial charge in [0.25, 0.3) is 5.91 Å². The molecule has 2 aliphatic rings. The normalized spacial score (nSPS) is 25.9. The standard InChI is InChI=1S/C22H32N2O4/c1-21(2,3)16-9-11-17(12-10-16)22(4)19(25)24(20(26)23-22)13-7-15-28-18-8-5-6-14-27-18/h9-12,18H,5-8,13-15H2,1-4H3,(H,23,26)/t18-,22+/m1/s1. The number of urea groups is 1. The lowest BCUT2D eigenvalue weighted by atomic mass is 9.84. The van der Waals surface area contributed by atoms with Crippen LogP contribution in [0.25, 0.3) is 0 Å². The molecular formula is C22H32N2O4. The number of rotatable bonds is 6. The monoisotopic (exact) mass is 388 g/mol. The highest BCUT2D eigenvalue weighted by atomic mass is 16.7. The average molecular weight is 389 g/mol. The fourth-order valence-electron chi connectivity index (χ4n) is 3.68. The second kappa shape index (κ2) is 8.21. The van der Waals surface area contributed by atoms with E-state index in [1.807, 2.05) is 24.3 Å². The van der Waals surface area contributed by atoms with Gasteiger partial charge in [-0.2, -0.15) is 0 Å². The first kappa shape index (κ1) is 20.8. The molecule has 3 amide bonds. The summed E-state index contributed by atoms with van der Waals surface area (Å²) >= 11 is 0. The summed E-state index contributed by atoms with van der Waals surface area (Å²) in [5, 5.41) is 2.87. The molecule has 0 radical (unpaired) electrons. The predicted molar refractivity (Wildman–Crippen MR) is 107 cm³/mol. The van der Waals surface area contributed by atoms with Crippen molar-refractivity contribution >= 4 is 11.9 Å². The number of hydrogen-bond acceptors (Lipinski definition) is 4. The minimum atomic E-state index is -1.03. The van der Waals surface area contributed by atoms with Crippen molar-refractivity contribution in [2.75, 3.05) is 19.8 Å². The van der Waals surface area contributed by atoms with E-state index in [0.717, 1.165) is 31.4 Å². The van der Waals surface area contributed by atoms with E-state index in [0.29, 0.717) is 19.6 Å². The second-order valence-corrected chi connectivity index (χ2v) is 8.86. The zero-order chi connectivity index (χ0) is 20.4. The summed E-state index contributed by atoms with van der Waals surface area (Å²) in [6.45, 7) is 9.76. The van der Waals surface area contributed by atoms with Crippen molar-refractivity contribution in [2.45, 2.75) is 70.6 Å². The summed E-state index contributed by atoms with van der Waals surface area (Å²) in [6, 6.07) is 7.58. The van der Waals surface area contributed by atoms with Crippen LogP contribution in [0.2, 0.25) is 0 Å². The SMILES string of the molecule is CC(C)(C)c1ccc([C@]2(C)NC(=O)N(CCCO[C@@H]3CCCCO3)C2=O)cc1. The summed E-state index contributed by atoms with van der Waals surface area (Å²) in [4.78, 5) is 26.7. The smallest absolute Gasteiger partial charge is 0.325 e. The number of benzene rings is 1. The first-order valence-corrected chi connectivity index (χ1v) is 10.2. The molecule has 6 heteroatoms. The van der Waals surface area contributed by atoms with E-state index in [1.165, 1.54) is 10.5 Å². The van der Waals surface area contributed by atoms with Crippen molar-refractivity contribution in [3.8, 4) is 0 Å². The lowest BCUT2D eigenvalue weighted by Gasteiger charge is -2.25. The van der Waals surface area contributed by atoms with Gasteiger partial charge in [0, 0.05) is 13.2 Å². The third-order valence-corrected chi connectivity index (χ3v) is 5.57. The maximum atomic E-state index is 13.0. The maximum absolute atomic E-state index is 13.0. The van der Waals surface area contributed by atoms with E-state index in [-0.39, 0.29) is 23.6 Å². The third kappa shape index (κ3) is 4.39. The Morgan fingerprint density at radius 2 is 1.93 bits per heavy atom. The molecule has 2 aliphatic heterocycles. The number of carbonyl (C=O) groups is 2. The average Bonchev–Trinajstić information content (AvgIpc) is 2.89. The molecule has 6 nitrogen and oxygen atoms in total. The molecule has 2 fully saturated rings. The largest absolute Gasteiger partial charge is 0.353 e. The van der Waals surface area contributed by atoms with Gasteiger partial charge in [0.1, 0.15) is 5.54 Å². The van der Waals surface area contributed by atoms with Gasteiger partial charge in [-0.15, -0.1) is 0 Å². The van der Waals surface area contributed by atoms with Crippen LogP contribution < -0.4 is 5.32 Å². The maximum Gasteiger partial charge on any atom is 0.325 e. The first-order chi connectivity index (χ1) is 13.2. The minimum Gasteiger partial charge on any atom is -0.353 e. The van der Waals surface area contributed by atoms with Crippen molar-refractivity contribution < 1.29 is 19.1 Å². The lowest BCUT2D eigenvalue weighted by Crippen LogP contribution is -2.41. The number of ether oxygens (including phenoxy) is 2. The number of nitrogens with zero attached hydrogens (tertiary/aromatic N) is 1. The van der Waals surface area contributed by atoms with Crippen molar-refractivity contribution in [3.63, 3.8) is 0 Å². The molecule has 154 valence electrons. The summed E-state index contributed by atoms with van der Waals surface area (Å²) in [6.07, 6.45) is 3.55. The van der Waals surface area contributed by atoms with E-state index in [2.05, 4.69) is 26.1 Å². The van der Waals surface area contributed by atoms with E-state index in [9.17, 15) is 9.59 Å². The van der Waals surface area contributed by atoms with Crippen molar-refractivity contribution in [2.24, 2.45) is 0 Å². The molecule has 2 heterocycles. The van der Waals surface area contributed by atoms with Crippen molar-refractivity contribution in [1.82, 2.24) is 10.2 Å². The Balaban J connectivity index is 1.58. The van der Waals surface area contributed by atoms with Crippen LogP contribution in [-0.4, -0.2) is 42.9 Å². The Hall–Kier alpha value is -1.92. The molecule has 0 spiro atoms. The molecule has 1 aromatic rings. The molecule has 2 saturated heterocycles. The Morgan fingerprint density at radius 1 is 1.21 bits per heavy atom. The highest BCUT2D eigenvalue weighted by molar-refractivity contribution is 6.07. The van der Waals surface area contributed by atoms with Gasteiger partial charge in [0.2, 0.25) is 0 Å². The number of amides is 3. The predicted octanol–water partition coefficient (Wildman–Crippen LogP) is 3.68. The molecule has 0 aromatic heterocycles. The Kier molecular flexibility index (Phi) is 6.10. The van der Waals surface area contributed by atoms with Crippen LogP contribution in [0.3, 0.4) is 0 Å². The Morgan fingerprint density at radius 3 is 2.54 bits per heavy atom. The molecular weight excluding hydrogens is 356 g/mol. The summed E-state index contributed by atoms with van der Waals surface area (Å²) in [5.74, 6) is -0.213. The molecule has 0 saturated carbocycles. The molecule has 28 heavy (non-hydrogen) atoms. The van der Waals surface area contributed by atoms with Gasteiger partial charge in [-0.25, -0.2) is 4.79 Å². The van der Waals surface area contributed by atoms with Crippen LogP contribution in [0.4, 0.5) is 4.79 Å². The fourth-order valence-corrected chi connectivity index (χ4v) is 3.68. The van der Waals surface area contributed by atoms with Gasteiger partial charge in [0.15, 0.2) is 6.29 Å². The highest BCUT2D eigenvalue weighted by Gasteiger charge is 2.48. The molecule has 3 rings (SSSR count). The topological polar surface area (TPSA) is 67.9 Å². The van der Waals surface area contributed by atoms with Gasteiger partial charge in [0.05, 0.1) is 6.61 Å². The quantitative estimate of drug-likeness (QED) is 0.596. The van der Waals surface area contributed by atoms with Crippen LogP contribution in [-0.2, 0) is 25.2 Å². The molecule has 0 bridgehead atoms. The number of hydrogen-bond donors (Lipinski definition) is 1. The second-order valence-electron chi connectivity index (χ2n) is 8.86. The lowest BCUT2D eigenvalue weighted by molar-refractivity contribution is -0.163.